The maximum absolute atomic E-state index is 12.3. The van der Waals surface area contributed by atoms with Crippen LogP contribution in [0.25, 0.3) is 11.3 Å². The Bertz CT molecular complexity index is 718. The van der Waals surface area contributed by atoms with Crippen LogP contribution in [0.15, 0.2) is 41.2 Å². The van der Waals surface area contributed by atoms with Gasteiger partial charge >= 0.3 is 5.97 Å². The lowest BCUT2D eigenvalue weighted by atomic mass is 10.1. The van der Waals surface area contributed by atoms with Crippen LogP contribution in [0.4, 0.5) is 0 Å². The van der Waals surface area contributed by atoms with E-state index in [1.54, 1.807) is 20.2 Å². The molecule has 1 aromatic heterocycles. The summed E-state index contributed by atoms with van der Waals surface area (Å²) in [5.41, 5.74) is 1.97. The van der Waals surface area contributed by atoms with Gasteiger partial charge in [-0.1, -0.05) is 18.2 Å². The van der Waals surface area contributed by atoms with Gasteiger partial charge in [-0.2, -0.15) is 0 Å². The second kappa shape index (κ2) is 6.26. The molecule has 0 bridgehead atoms. The summed E-state index contributed by atoms with van der Waals surface area (Å²) < 4.78 is 6.72. The summed E-state index contributed by atoms with van der Waals surface area (Å²) in [7, 11) is 3.27. The summed E-state index contributed by atoms with van der Waals surface area (Å²) in [4.78, 5) is 22.9. The summed E-state index contributed by atoms with van der Waals surface area (Å²) >= 11 is 0. The Morgan fingerprint density at radius 1 is 1.29 bits per heavy atom. The van der Waals surface area contributed by atoms with Gasteiger partial charge < -0.3 is 14.4 Å². The van der Waals surface area contributed by atoms with Crippen LogP contribution in [-0.4, -0.2) is 22.8 Å². The van der Waals surface area contributed by atoms with Gasteiger partial charge in [0, 0.05) is 24.6 Å². The zero-order chi connectivity index (χ0) is 15.4. The van der Waals surface area contributed by atoms with Gasteiger partial charge in [-0.25, -0.2) is 0 Å². The number of aromatic nitrogens is 1. The van der Waals surface area contributed by atoms with E-state index in [1.807, 2.05) is 30.3 Å². The molecule has 5 nitrogen and oxygen atoms in total. The predicted octanol–water partition coefficient (Wildman–Crippen LogP) is 2.08. The highest BCUT2D eigenvalue weighted by atomic mass is 16.5. The topological polar surface area (TPSA) is 68.5 Å². The molecule has 0 aliphatic carbocycles. The lowest BCUT2D eigenvalue weighted by molar-refractivity contribution is -0.136. The van der Waals surface area contributed by atoms with Crippen LogP contribution >= 0.6 is 0 Å². The number of benzene rings is 1. The average molecular weight is 287 g/mol. The third-order valence-corrected chi connectivity index (χ3v) is 3.36. The van der Waals surface area contributed by atoms with E-state index in [1.165, 1.54) is 4.57 Å². The molecule has 0 unspecified atom stereocenters. The fraction of sp³-hybridized carbons (Fsp3) is 0.250. The van der Waals surface area contributed by atoms with E-state index in [0.717, 1.165) is 17.0 Å². The van der Waals surface area contributed by atoms with Crippen LogP contribution in [0.1, 0.15) is 12.0 Å². The number of rotatable bonds is 5. The summed E-state index contributed by atoms with van der Waals surface area (Å²) in [5, 5.41) is 8.70. The van der Waals surface area contributed by atoms with Gasteiger partial charge in [0.05, 0.1) is 12.8 Å². The second-order valence-corrected chi connectivity index (χ2v) is 4.73. The molecule has 2 rings (SSSR count). The van der Waals surface area contributed by atoms with Crippen molar-refractivity contribution in [3.63, 3.8) is 0 Å². The lowest BCUT2D eigenvalue weighted by Gasteiger charge is -2.11. The molecule has 1 heterocycles. The SMILES string of the molecule is COc1cccc(-c2ccc(CCC(=O)O)c(=O)n2C)c1. The van der Waals surface area contributed by atoms with E-state index in [2.05, 4.69) is 0 Å². The minimum Gasteiger partial charge on any atom is -0.497 e. The van der Waals surface area contributed by atoms with Crippen molar-refractivity contribution in [2.75, 3.05) is 7.11 Å². The zero-order valence-electron chi connectivity index (χ0n) is 12.0. The van der Waals surface area contributed by atoms with Gasteiger partial charge in [-0.05, 0) is 24.6 Å². The van der Waals surface area contributed by atoms with Crippen molar-refractivity contribution in [3.05, 3.63) is 52.3 Å². The summed E-state index contributed by atoms with van der Waals surface area (Å²) in [5.74, 6) is -0.191. The second-order valence-electron chi connectivity index (χ2n) is 4.73. The van der Waals surface area contributed by atoms with Crippen molar-refractivity contribution >= 4 is 5.97 Å². The third-order valence-electron chi connectivity index (χ3n) is 3.36. The molecule has 5 heteroatoms. The van der Waals surface area contributed by atoms with Crippen molar-refractivity contribution in [1.29, 1.82) is 0 Å². The number of carbonyl (C=O) groups is 1. The van der Waals surface area contributed by atoms with Gasteiger partial charge in [0.15, 0.2) is 0 Å². The molecule has 2 aromatic rings. The van der Waals surface area contributed by atoms with Gasteiger partial charge in [-0.3, -0.25) is 9.59 Å². The fourth-order valence-corrected chi connectivity index (χ4v) is 2.19. The average Bonchev–Trinajstić information content (AvgIpc) is 2.48. The first kappa shape index (κ1) is 14.8. The number of ether oxygens (including phenoxy) is 1. The fourth-order valence-electron chi connectivity index (χ4n) is 2.19. The molecule has 110 valence electrons. The van der Waals surface area contributed by atoms with Crippen molar-refractivity contribution in [3.8, 4) is 17.0 Å². The zero-order valence-corrected chi connectivity index (χ0v) is 12.0. The molecule has 0 aliphatic heterocycles. The molecule has 21 heavy (non-hydrogen) atoms. The quantitative estimate of drug-likeness (QED) is 0.914. The minimum atomic E-state index is -0.908. The van der Waals surface area contributed by atoms with Gasteiger partial charge in [0.2, 0.25) is 0 Å². The van der Waals surface area contributed by atoms with Crippen LogP contribution in [-0.2, 0) is 18.3 Å². The number of carboxylic acids is 1. The molecule has 0 fully saturated rings. The number of hydrogen-bond acceptors (Lipinski definition) is 3. The Morgan fingerprint density at radius 3 is 2.71 bits per heavy atom. The summed E-state index contributed by atoms with van der Waals surface area (Å²) in [6, 6.07) is 11.0. The largest absolute Gasteiger partial charge is 0.497 e. The molecular formula is C16H17NO4. The first-order valence-electron chi connectivity index (χ1n) is 6.58. The molecule has 0 saturated carbocycles. The van der Waals surface area contributed by atoms with E-state index in [4.69, 9.17) is 9.84 Å². The van der Waals surface area contributed by atoms with E-state index in [9.17, 15) is 9.59 Å². The minimum absolute atomic E-state index is 0.0479. The highest BCUT2D eigenvalue weighted by Gasteiger charge is 2.09. The molecule has 0 amide bonds. The summed E-state index contributed by atoms with van der Waals surface area (Å²) in [6.07, 6.45) is 0.189. The highest BCUT2D eigenvalue weighted by molar-refractivity contribution is 5.67. The third kappa shape index (κ3) is 3.31. The number of methoxy groups -OCH3 is 1. The van der Waals surface area contributed by atoms with Crippen LogP contribution < -0.4 is 10.3 Å². The molecule has 0 radical (unpaired) electrons. The molecule has 0 atom stereocenters. The Kier molecular flexibility index (Phi) is 4.42. The Hall–Kier alpha value is -2.56. The van der Waals surface area contributed by atoms with Crippen molar-refractivity contribution in [2.45, 2.75) is 12.8 Å². The maximum atomic E-state index is 12.3. The highest BCUT2D eigenvalue weighted by Crippen LogP contribution is 2.22. The van der Waals surface area contributed by atoms with E-state index >= 15 is 0 Å². The van der Waals surface area contributed by atoms with E-state index in [-0.39, 0.29) is 18.4 Å². The Balaban J connectivity index is 2.40. The van der Waals surface area contributed by atoms with Gasteiger partial charge in [0.25, 0.3) is 5.56 Å². The molecule has 1 N–H and O–H groups in total. The van der Waals surface area contributed by atoms with Crippen molar-refractivity contribution in [2.24, 2.45) is 7.05 Å². The standard InChI is InChI=1S/C16H17NO4/c1-17-14(12-4-3-5-13(10-12)21-2)8-6-11(16(17)20)7-9-15(18)19/h3-6,8,10H,7,9H2,1-2H3,(H,18,19). The number of aliphatic carboxylic acids is 1. The first-order valence-corrected chi connectivity index (χ1v) is 6.58. The molecular weight excluding hydrogens is 270 g/mol. The number of pyridine rings is 1. The first-order chi connectivity index (χ1) is 10.0. The number of aryl methyl sites for hydroxylation is 1. The normalized spacial score (nSPS) is 10.4. The maximum Gasteiger partial charge on any atom is 0.303 e. The van der Waals surface area contributed by atoms with Crippen LogP contribution in [0, 0.1) is 0 Å². The van der Waals surface area contributed by atoms with Crippen molar-refractivity contribution < 1.29 is 14.6 Å². The monoisotopic (exact) mass is 287 g/mol. The molecule has 0 aliphatic rings. The Morgan fingerprint density at radius 2 is 2.05 bits per heavy atom. The lowest BCUT2D eigenvalue weighted by Crippen LogP contribution is -2.22. The summed E-state index contributed by atoms with van der Waals surface area (Å²) in [6.45, 7) is 0. The van der Waals surface area contributed by atoms with Crippen LogP contribution in [0.2, 0.25) is 0 Å². The van der Waals surface area contributed by atoms with Crippen molar-refractivity contribution in [1.82, 2.24) is 4.57 Å². The molecule has 0 spiro atoms. The number of nitrogens with zero attached hydrogens (tertiary/aromatic N) is 1. The van der Waals surface area contributed by atoms with Crippen LogP contribution in [0.3, 0.4) is 0 Å². The van der Waals surface area contributed by atoms with Gasteiger partial charge in [0.1, 0.15) is 5.75 Å². The number of hydrogen-bond donors (Lipinski definition) is 1. The van der Waals surface area contributed by atoms with E-state index < -0.39 is 5.97 Å². The number of carboxylic acid groups (broad SMARTS) is 1. The smallest absolute Gasteiger partial charge is 0.303 e. The predicted molar refractivity (Wildman–Crippen MR) is 79.6 cm³/mol. The van der Waals surface area contributed by atoms with Gasteiger partial charge in [-0.15, -0.1) is 0 Å². The van der Waals surface area contributed by atoms with Crippen LogP contribution in [0.5, 0.6) is 5.75 Å². The Labute approximate surface area is 122 Å². The van der Waals surface area contributed by atoms with E-state index in [0.29, 0.717) is 5.56 Å². The molecule has 0 saturated heterocycles. The molecule has 1 aromatic carbocycles.